The summed E-state index contributed by atoms with van der Waals surface area (Å²) < 4.78 is 6.86. The van der Waals surface area contributed by atoms with Crippen molar-refractivity contribution in [2.75, 3.05) is 7.05 Å². The van der Waals surface area contributed by atoms with Crippen molar-refractivity contribution in [3.8, 4) is 22.9 Å². The van der Waals surface area contributed by atoms with E-state index >= 15 is 0 Å². The van der Waals surface area contributed by atoms with Crippen molar-refractivity contribution in [1.82, 2.24) is 15.1 Å². The van der Waals surface area contributed by atoms with Crippen LogP contribution in [-0.4, -0.2) is 28.1 Å². The lowest BCUT2D eigenvalue weighted by atomic mass is 10.1. The van der Waals surface area contributed by atoms with Gasteiger partial charge < -0.3 is 9.32 Å². The van der Waals surface area contributed by atoms with E-state index in [1.54, 1.807) is 35.4 Å². The molecular formula is C22H18BrN3O2S. The molecular weight excluding hydrogens is 450 g/mol. The number of thiophene rings is 1. The first-order valence-corrected chi connectivity index (χ1v) is 10.6. The van der Waals surface area contributed by atoms with Crippen LogP contribution in [0.3, 0.4) is 0 Å². The molecule has 0 aliphatic heterocycles. The highest BCUT2D eigenvalue weighted by molar-refractivity contribution is 9.11. The normalized spacial score (nSPS) is 10.9. The molecule has 0 saturated heterocycles. The molecule has 0 atom stereocenters. The Hall–Kier alpha value is -2.77. The average Bonchev–Trinajstić information content (AvgIpc) is 3.37. The van der Waals surface area contributed by atoms with Crippen LogP contribution in [0.15, 0.2) is 68.9 Å². The minimum Gasteiger partial charge on any atom is -0.416 e. The Morgan fingerprint density at radius 2 is 1.55 bits per heavy atom. The van der Waals surface area contributed by atoms with Crippen molar-refractivity contribution in [2.24, 2.45) is 0 Å². The predicted octanol–water partition coefficient (Wildman–Crippen LogP) is 5.81. The SMILES string of the molecule is Cc1ccc(-c2nnc(-c3ccc(C(=O)N(C)Cc4ccc(Br)s4)cc3)o2)cc1. The largest absolute Gasteiger partial charge is 0.416 e. The zero-order valence-corrected chi connectivity index (χ0v) is 18.3. The molecule has 2 aromatic carbocycles. The summed E-state index contributed by atoms with van der Waals surface area (Å²) >= 11 is 5.07. The molecule has 4 rings (SSSR count). The lowest BCUT2D eigenvalue weighted by molar-refractivity contribution is 0.0786. The molecule has 0 bridgehead atoms. The Bertz CT molecular complexity index is 1130. The summed E-state index contributed by atoms with van der Waals surface area (Å²) in [5, 5.41) is 8.27. The van der Waals surface area contributed by atoms with Crippen LogP contribution in [0.2, 0.25) is 0 Å². The molecule has 0 N–H and O–H groups in total. The monoisotopic (exact) mass is 467 g/mol. The van der Waals surface area contributed by atoms with Crippen molar-refractivity contribution in [1.29, 1.82) is 0 Å². The molecule has 0 aliphatic carbocycles. The summed E-state index contributed by atoms with van der Waals surface area (Å²) in [6.07, 6.45) is 0. The molecule has 1 amide bonds. The number of carbonyl (C=O) groups is 1. The van der Waals surface area contributed by atoms with Gasteiger partial charge in [0.25, 0.3) is 5.91 Å². The van der Waals surface area contributed by atoms with Crippen LogP contribution in [0.25, 0.3) is 22.9 Å². The van der Waals surface area contributed by atoms with Crippen LogP contribution in [0.1, 0.15) is 20.8 Å². The van der Waals surface area contributed by atoms with Gasteiger partial charge in [-0.15, -0.1) is 21.5 Å². The van der Waals surface area contributed by atoms with Crippen LogP contribution in [0.5, 0.6) is 0 Å². The van der Waals surface area contributed by atoms with Crippen molar-refractivity contribution in [3.05, 3.63) is 80.5 Å². The van der Waals surface area contributed by atoms with Crippen molar-refractivity contribution >= 4 is 33.2 Å². The number of carbonyl (C=O) groups excluding carboxylic acids is 1. The van der Waals surface area contributed by atoms with Crippen LogP contribution < -0.4 is 0 Å². The topological polar surface area (TPSA) is 59.2 Å². The standard InChI is InChI=1S/C22H18BrN3O2S/c1-14-3-5-15(6-4-14)20-24-25-21(28-20)16-7-9-17(10-8-16)22(27)26(2)13-18-11-12-19(23)29-18/h3-12H,13H2,1-2H3. The van der Waals surface area contributed by atoms with Gasteiger partial charge in [0.05, 0.1) is 10.3 Å². The third kappa shape index (κ3) is 4.46. The second kappa shape index (κ2) is 8.31. The van der Waals surface area contributed by atoms with Crippen molar-refractivity contribution in [3.63, 3.8) is 0 Å². The summed E-state index contributed by atoms with van der Waals surface area (Å²) in [4.78, 5) is 15.5. The van der Waals surface area contributed by atoms with Gasteiger partial charge in [-0.2, -0.15) is 0 Å². The van der Waals surface area contributed by atoms with Gasteiger partial charge in [0.2, 0.25) is 11.8 Å². The number of halogens is 1. The summed E-state index contributed by atoms with van der Waals surface area (Å²) in [5.41, 5.74) is 3.44. The van der Waals surface area contributed by atoms with Gasteiger partial charge in [-0.3, -0.25) is 4.79 Å². The fourth-order valence-corrected chi connectivity index (χ4v) is 4.41. The van der Waals surface area contributed by atoms with E-state index in [1.807, 2.05) is 55.5 Å². The van der Waals surface area contributed by atoms with Gasteiger partial charge in [-0.1, -0.05) is 17.7 Å². The minimum atomic E-state index is -0.0352. The van der Waals surface area contributed by atoms with E-state index in [1.165, 1.54) is 5.56 Å². The van der Waals surface area contributed by atoms with E-state index in [0.29, 0.717) is 23.9 Å². The Morgan fingerprint density at radius 3 is 2.10 bits per heavy atom. The molecule has 0 saturated carbocycles. The van der Waals surface area contributed by atoms with Crippen molar-refractivity contribution < 1.29 is 9.21 Å². The number of aromatic nitrogens is 2. The van der Waals surface area contributed by atoms with Gasteiger partial charge in [-0.25, -0.2) is 0 Å². The Morgan fingerprint density at radius 1 is 0.966 bits per heavy atom. The van der Waals surface area contributed by atoms with Gasteiger partial charge in [0.15, 0.2) is 0 Å². The second-order valence-corrected chi connectivity index (χ2v) is 9.27. The molecule has 29 heavy (non-hydrogen) atoms. The predicted molar refractivity (Wildman–Crippen MR) is 118 cm³/mol. The van der Waals surface area contributed by atoms with Gasteiger partial charge in [0, 0.05) is 28.6 Å². The zero-order chi connectivity index (χ0) is 20.4. The molecule has 2 aromatic heterocycles. The van der Waals surface area contributed by atoms with Crippen LogP contribution in [-0.2, 0) is 6.54 Å². The smallest absolute Gasteiger partial charge is 0.253 e. The Labute approximate surface area is 181 Å². The maximum atomic E-state index is 12.7. The minimum absolute atomic E-state index is 0.0352. The fraction of sp³-hybridized carbons (Fsp3) is 0.136. The number of nitrogens with zero attached hydrogens (tertiary/aromatic N) is 3. The number of hydrogen-bond acceptors (Lipinski definition) is 5. The van der Waals surface area contributed by atoms with Crippen molar-refractivity contribution in [2.45, 2.75) is 13.5 Å². The highest BCUT2D eigenvalue weighted by Crippen LogP contribution is 2.26. The van der Waals surface area contributed by atoms with Crippen LogP contribution in [0.4, 0.5) is 0 Å². The molecule has 2 heterocycles. The Kier molecular flexibility index (Phi) is 5.60. The first kappa shape index (κ1) is 19.5. The van der Waals surface area contributed by atoms with Gasteiger partial charge in [-0.05, 0) is 71.4 Å². The first-order valence-electron chi connectivity index (χ1n) is 9.00. The molecule has 0 spiro atoms. The maximum absolute atomic E-state index is 12.7. The summed E-state index contributed by atoms with van der Waals surface area (Å²) in [6, 6.07) is 19.2. The molecule has 7 heteroatoms. The number of rotatable bonds is 5. The lowest BCUT2D eigenvalue weighted by Crippen LogP contribution is -2.25. The molecule has 4 aromatic rings. The maximum Gasteiger partial charge on any atom is 0.253 e. The molecule has 0 aliphatic rings. The zero-order valence-electron chi connectivity index (χ0n) is 15.9. The summed E-state index contributed by atoms with van der Waals surface area (Å²) in [7, 11) is 1.80. The number of amides is 1. The van der Waals surface area contributed by atoms with Crippen LogP contribution >= 0.6 is 27.3 Å². The summed E-state index contributed by atoms with van der Waals surface area (Å²) in [6.45, 7) is 2.60. The molecule has 0 unspecified atom stereocenters. The van der Waals surface area contributed by atoms with E-state index in [2.05, 4.69) is 26.1 Å². The lowest BCUT2D eigenvalue weighted by Gasteiger charge is -2.16. The highest BCUT2D eigenvalue weighted by atomic mass is 79.9. The third-order valence-electron chi connectivity index (χ3n) is 4.47. The fourth-order valence-electron chi connectivity index (χ4n) is 2.87. The van der Waals surface area contributed by atoms with E-state index in [0.717, 1.165) is 19.8 Å². The van der Waals surface area contributed by atoms with E-state index in [-0.39, 0.29) is 5.91 Å². The number of benzene rings is 2. The summed E-state index contributed by atoms with van der Waals surface area (Å²) in [5.74, 6) is 0.866. The third-order valence-corrected chi connectivity index (χ3v) is 6.08. The van der Waals surface area contributed by atoms with Crippen LogP contribution in [0, 0.1) is 6.92 Å². The van der Waals surface area contributed by atoms with E-state index in [9.17, 15) is 4.79 Å². The quantitative estimate of drug-likeness (QED) is 0.371. The molecule has 0 radical (unpaired) electrons. The van der Waals surface area contributed by atoms with E-state index < -0.39 is 0 Å². The number of hydrogen-bond donors (Lipinski definition) is 0. The van der Waals surface area contributed by atoms with Gasteiger partial charge >= 0.3 is 0 Å². The first-order chi connectivity index (χ1) is 14.0. The molecule has 146 valence electrons. The highest BCUT2D eigenvalue weighted by Gasteiger charge is 2.15. The molecule has 0 fully saturated rings. The average molecular weight is 468 g/mol. The number of aryl methyl sites for hydroxylation is 1. The van der Waals surface area contributed by atoms with E-state index in [4.69, 9.17) is 4.42 Å². The second-order valence-electron chi connectivity index (χ2n) is 6.72. The van der Waals surface area contributed by atoms with Gasteiger partial charge in [0.1, 0.15) is 0 Å². The Balaban J connectivity index is 1.47. The molecule has 5 nitrogen and oxygen atoms in total.